The fourth-order valence-corrected chi connectivity index (χ4v) is 10.1. The third-order valence-corrected chi connectivity index (χ3v) is 11.2. The molecule has 0 spiro atoms. The summed E-state index contributed by atoms with van der Waals surface area (Å²) in [5.74, 6) is 0.254. The van der Waals surface area contributed by atoms with E-state index in [0.29, 0.717) is 5.32 Å². The van der Waals surface area contributed by atoms with E-state index < -0.39 is 30.3 Å². The molecule has 6 nitrogen and oxygen atoms in total. The molecule has 0 saturated carbocycles. The fraction of sp³-hybridized carbons (Fsp3) is 0.423. The number of ether oxygens (including phenoxy) is 3. The predicted molar refractivity (Wildman–Crippen MR) is 140 cm³/mol. The van der Waals surface area contributed by atoms with Gasteiger partial charge in [-0.15, -0.1) is 0 Å². The minimum atomic E-state index is -0.641. The van der Waals surface area contributed by atoms with Crippen molar-refractivity contribution in [1.29, 1.82) is 0 Å². The van der Waals surface area contributed by atoms with Crippen LogP contribution in [0.25, 0.3) is 0 Å². The molecule has 0 aromatic heterocycles. The van der Waals surface area contributed by atoms with Crippen LogP contribution in [0.3, 0.4) is 0 Å². The number of rotatable bonds is 11. The molecule has 2 aromatic carbocycles. The van der Waals surface area contributed by atoms with E-state index in [2.05, 4.69) is 24.3 Å². The van der Waals surface area contributed by atoms with Gasteiger partial charge in [0, 0.05) is 0 Å². The van der Waals surface area contributed by atoms with Gasteiger partial charge >= 0.3 is 222 Å². The zero-order chi connectivity index (χ0) is 25.2. The van der Waals surface area contributed by atoms with Gasteiger partial charge in [-0.25, -0.2) is 0 Å². The molecule has 1 fully saturated rings. The van der Waals surface area contributed by atoms with Gasteiger partial charge in [0.15, 0.2) is 0 Å². The average Bonchev–Trinajstić information content (AvgIpc) is 3.19. The summed E-state index contributed by atoms with van der Waals surface area (Å²) >= 11 is 3.37. The zero-order valence-electron chi connectivity index (χ0n) is 20.0. The summed E-state index contributed by atoms with van der Waals surface area (Å²) in [5, 5.41) is 0.604. The standard InChI is InChI=1S/C26H30O6S2Se/c1-17(27)30-22-16-35-25(23(22)31-18(2)28)24(32-19(3)29)26(33-14-20-10-6-4-7-11-20)34-15-21-12-8-5-9-13-21/h4-13,22-26H,14-16H2,1-3H3/t22-,23-,24-,25+/m1/s1. The van der Waals surface area contributed by atoms with Gasteiger partial charge in [0.1, 0.15) is 0 Å². The van der Waals surface area contributed by atoms with Gasteiger partial charge in [0.25, 0.3) is 0 Å². The van der Waals surface area contributed by atoms with Crippen molar-refractivity contribution in [3.63, 3.8) is 0 Å². The first-order chi connectivity index (χ1) is 16.8. The molecule has 2 aromatic rings. The van der Waals surface area contributed by atoms with E-state index in [4.69, 9.17) is 14.2 Å². The van der Waals surface area contributed by atoms with Crippen molar-refractivity contribution in [2.24, 2.45) is 0 Å². The molecule has 0 aliphatic carbocycles. The predicted octanol–water partition coefficient (Wildman–Crippen LogP) is 4.90. The maximum atomic E-state index is 12.2. The maximum absolute atomic E-state index is 12.2. The molecular weight excluding hydrogens is 551 g/mol. The van der Waals surface area contributed by atoms with Crippen molar-refractivity contribution in [2.45, 2.75) is 65.3 Å². The van der Waals surface area contributed by atoms with Crippen molar-refractivity contribution >= 4 is 56.4 Å². The number of hydrogen-bond donors (Lipinski definition) is 0. The molecule has 1 saturated heterocycles. The zero-order valence-corrected chi connectivity index (χ0v) is 23.3. The summed E-state index contributed by atoms with van der Waals surface area (Å²) in [6, 6.07) is 20.3. The Hall–Kier alpha value is -1.93. The van der Waals surface area contributed by atoms with E-state index in [0.717, 1.165) is 11.5 Å². The third-order valence-electron chi connectivity index (χ3n) is 5.17. The molecule has 1 aliphatic heterocycles. The van der Waals surface area contributed by atoms with E-state index in [-0.39, 0.29) is 30.3 Å². The molecule has 188 valence electrons. The van der Waals surface area contributed by atoms with Crippen molar-refractivity contribution in [2.75, 3.05) is 0 Å². The summed E-state index contributed by atoms with van der Waals surface area (Å²) in [6.07, 6.45) is -1.67. The van der Waals surface area contributed by atoms with E-state index >= 15 is 0 Å². The molecule has 1 aliphatic rings. The van der Waals surface area contributed by atoms with Crippen LogP contribution in [0.15, 0.2) is 60.7 Å². The van der Waals surface area contributed by atoms with Gasteiger partial charge in [-0.2, -0.15) is 0 Å². The Morgan fingerprint density at radius 3 is 1.80 bits per heavy atom. The van der Waals surface area contributed by atoms with E-state index in [1.807, 2.05) is 36.4 Å². The molecule has 0 bridgehead atoms. The second kappa shape index (κ2) is 14.0. The summed E-state index contributed by atoms with van der Waals surface area (Å²) < 4.78 is 17.0. The van der Waals surface area contributed by atoms with Crippen LogP contribution in [0.1, 0.15) is 31.9 Å². The van der Waals surface area contributed by atoms with Crippen molar-refractivity contribution in [3.05, 3.63) is 71.8 Å². The quantitative estimate of drug-likeness (QED) is 0.161. The van der Waals surface area contributed by atoms with Crippen LogP contribution in [0.4, 0.5) is 0 Å². The number of thioether (sulfide) groups is 2. The van der Waals surface area contributed by atoms with Crippen LogP contribution in [0.5, 0.6) is 0 Å². The normalized spacial score (nSPS) is 20.3. The van der Waals surface area contributed by atoms with Crippen LogP contribution >= 0.6 is 23.5 Å². The van der Waals surface area contributed by atoms with Crippen molar-refractivity contribution in [3.8, 4) is 0 Å². The van der Waals surface area contributed by atoms with E-state index in [1.165, 1.54) is 31.9 Å². The Labute approximate surface area is 221 Å². The molecule has 0 amide bonds. The number of carbonyl (C=O) groups excluding carboxylic acids is 3. The first kappa shape index (κ1) is 27.7. The van der Waals surface area contributed by atoms with Crippen LogP contribution in [-0.4, -0.2) is 55.8 Å². The van der Waals surface area contributed by atoms with Crippen molar-refractivity contribution < 1.29 is 28.6 Å². The second-order valence-corrected chi connectivity index (χ2v) is 13.2. The molecule has 1 heterocycles. The monoisotopic (exact) mass is 582 g/mol. The number of benzene rings is 2. The summed E-state index contributed by atoms with van der Waals surface area (Å²) in [5.41, 5.74) is 2.35. The van der Waals surface area contributed by atoms with Crippen LogP contribution in [0, 0.1) is 0 Å². The molecular formula is C26H30O6S2Se. The number of esters is 3. The topological polar surface area (TPSA) is 78.9 Å². The fourth-order valence-electron chi connectivity index (χ4n) is 3.75. The van der Waals surface area contributed by atoms with E-state index in [1.54, 1.807) is 23.5 Å². The SMILES string of the molecule is CC(=O)O[C@H]1[C@@H]([C@@H](OC(C)=O)C(SCc2ccccc2)SCc2ccccc2)[Se]C[C@H]1OC(C)=O. The Bertz CT molecular complexity index is 931. The molecule has 4 atom stereocenters. The minimum absolute atomic E-state index is 0.0563. The summed E-state index contributed by atoms with van der Waals surface area (Å²) in [4.78, 5) is 35.6. The molecule has 0 N–H and O–H groups in total. The first-order valence-corrected chi connectivity index (χ1v) is 15.6. The van der Waals surface area contributed by atoms with Gasteiger partial charge in [-0.1, -0.05) is 0 Å². The van der Waals surface area contributed by atoms with Gasteiger partial charge in [-0.3, -0.25) is 0 Å². The van der Waals surface area contributed by atoms with Crippen LogP contribution in [-0.2, 0) is 40.1 Å². The Balaban J connectivity index is 1.87. The first-order valence-electron chi connectivity index (χ1n) is 11.3. The van der Waals surface area contributed by atoms with E-state index in [9.17, 15) is 14.4 Å². The second-order valence-electron chi connectivity index (χ2n) is 8.06. The van der Waals surface area contributed by atoms with Gasteiger partial charge in [-0.05, 0) is 0 Å². The molecule has 35 heavy (non-hydrogen) atoms. The van der Waals surface area contributed by atoms with Crippen LogP contribution < -0.4 is 0 Å². The Morgan fingerprint density at radius 2 is 1.34 bits per heavy atom. The average molecular weight is 582 g/mol. The van der Waals surface area contributed by atoms with Gasteiger partial charge < -0.3 is 0 Å². The molecule has 3 rings (SSSR count). The molecule has 0 unspecified atom stereocenters. The summed E-state index contributed by atoms with van der Waals surface area (Å²) in [6.45, 7) is 4.10. The van der Waals surface area contributed by atoms with Crippen LogP contribution in [0.2, 0.25) is 10.1 Å². The van der Waals surface area contributed by atoms with Gasteiger partial charge in [0.2, 0.25) is 0 Å². The van der Waals surface area contributed by atoms with Crippen molar-refractivity contribution in [1.82, 2.24) is 0 Å². The summed E-state index contributed by atoms with van der Waals surface area (Å²) in [7, 11) is 0. The Kier molecular flexibility index (Phi) is 11.0. The van der Waals surface area contributed by atoms with Gasteiger partial charge in [0.05, 0.1) is 0 Å². The number of hydrogen-bond acceptors (Lipinski definition) is 8. The third kappa shape index (κ3) is 8.90. The molecule has 0 radical (unpaired) electrons. The number of carbonyl (C=O) groups is 3. The Morgan fingerprint density at radius 1 is 0.829 bits per heavy atom. The molecule has 9 heteroatoms.